The summed E-state index contributed by atoms with van der Waals surface area (Å²) >= 11 is 0. The van der Waals surface area contributed by atoms with Gasteiger partial charge in [-0.25, -0.2) is 8.42 Å². The number of carbonyl (C=O) groups excluding carboxylic acids is 1. The Bertz CT molecular complexity index is 1180. The third-order valence-corrected chi connectivity index (χ3v) is 7.16. The first-order chi connectivity index (χ1) is 15.0. The van der Waals surface area contributed by atoms with E-state index >= 15 is 0 Å². The third-order valence-electron chi connectivity index (χ3n) is 5.25. The molecular formula is C25H24N2O3S. The molecule has 1 saturated heterocycles. The second-order valence-electron chi connectivity index (χ2n) is 7.45. The van der Waals surface area contributed by atoms with Crippen LogP contribution in [0.1, 0.15) is 18.4 Å². The van der Waals surface area contributed by atoms with Gasteiger partial charge >= 0.3 is 0 Å². The first kappa shape index (κ1) is 21.0. The number of nitrogens with one attached hydrogen (secondary N) is 1. The fraction of sp³-hybridized carbons (Fsp3) is 0.160. The predicted molar refractivity (Wildman–Crippen MR) is 124 cm³/mol. The highest BCUT2D eigenvalue weighted by atomic mass is 32.2. The predicted octanol–water partition coefficient (Wildman–Crippen LogP) is 4.79. The quantitative estimate of drug-likeness (QED) is 0.570. The molecule has 0 saturated carbocycles. The first-order valence-corrected chi connectivity index (χ1v) is 11.7. The molecule has 158 valence electrons. The number of anilines is 1. The zero-order valence-corrected chi connectivity index (χ0v) is 17.9. The van der Waals surface area contributed by atoms with Gasteiger partial charge in [-0.15, -0.1) is 0 Å². The maximum absolute atomic E-state index is 12.6. The van der Waals surface area contributed by atoms with Crippen LogP contribution in [0.5, 0.6) is 0 Å². The van der Waals surface area contributed by atoms with E-state index in [-0.39, 0.29) is 10.8 Å². The van der Waals surface area contributed by atoms with Crippen LogP contribution < -0.4 is 5.32 Å². The third kappa shape index (κ3) is 5.10. The summed E-state index contributed by atoms with van der Waals surface area (Å²) in [5, 5.41) is 2.77. The molecule has 4 rings (SSSR count). The minimum atomic E-state index is -3.45. The van der Waals surface area contributed by atoms with Crippen LogP contribution in [0.2, 0.25) is 0 Å². The summed E-state index contributed by atoms with van der Waals surface area (Å²) in [5.41, 5.74) is 3.67. The average Bonchev–Trinajstić information content (AvgIpc) is 3.35. The molecule has 0 unspecified atom stereocenters. The zero-order chi connectivity index (χ0) is 21.7. The largest absolute Gasteiger partial charge is 0.323 e. The van der Waals surface area contributed by atoms with E-state index in [1.54, 1.807) is 18.2 Å². The van der Waals surface area contributed by atoms with Gasteiger partial charge in [-0.05, 0) is 65.9 Å². The summed E-state index contributed by atoms with van der Waals surface area (Å²) in [6, 6.07) is 24.3. The Morgan fingerprint density at radius 2 is 1.52 bits per heavy atom. The molecule has 0 aromatic heterocycles. The van der Waals surface area contributed by atoms with Crippen molar-refractivity contribution in [2.75, 3.05) is 18.4 Å². The number of rotatable bonds is 6. The van der Waals surface area contributed by atoms with Crippen molar-refractivity contribution in [2.45, 2.75) is 17.7 Å². The number of nitrogens with zero attached hydrogens (tertiary/aromatic N) is 1. The van der Waals surface area contributed by atoms with Gasteiger partial charge < -0.3 is 5.32 Å². The van der Waals surface area contributed by atoms with Crippen molar-refractivity contribution < 1.29 is 13.2 Å². The molecule has 1 heterocycles. The number of amides is 1. The van der Waals surface area contributed by atoms with Crippen molar-refractivity contribution in [1.29, 1.82) is 0 Å². The summed E-state index contributed by atoms with van der Waals surface area (Å²) in [5.74, 6) is -0.278. The fourth-order valence-electron chi connectivity index (χ4n) is 3.60. The van der Waals surface area contributed by atoms with E-state index in [1.165, 1.54) is 22.5 Å². The molecule has 0 atom stereocenters. The van der Waals surface area contributed by atoms with Crippen LogP contribution in [0.15, 0.2) is 89.8 Å². The van der Waals surface area contributed by atoms with Gasteiger partial charge in [-0.1, -0.05) is 48.5 Å². The monoisotopic (exact) mass is 432 g/mol. The van der Waals surface area contributed by atoms with Gasteiger partial charge in [0.1, 0.15) is 0 Å². The van der Waals surface area contributed by atoms with Crippen LogP contribution >= 0.6 is 0 Å². The van der Waals surface area contributed by atoms with Crippen LogP contribution in [0.3, 0.4) is 0 Å². The maximum atomic E-state index is 12.6. The van der Waals surface area contributed by atoms with E-state index in [4.69, 9.17) is 0 Å². The minimum Gasteiger partial charge on any atom is -0.323 e. The first-order valence-electron chi connectivity index (χ1n) is 10.3. The molecule has 0 bridgehead atoms. The topological polar surface area (TPSA) is 66.5 Å². The van der Waals surface area contributed by atoms with Gasteiger partial charge in [0.15, 0.2) is 0 Å². The summed E-state index contributed by atoms with van der Waals surface area (Å²) in [7, 11) is -3.45. The Morgan fingerprint density at radius 3 is 2.23 bits per heavy atom. The molecule has 1 N–H and O–H groups in total. The molecule has 3 aromatic carbocycles. The maximum Gasteiger partial charge on any atom is 0.248 e. The molecule has 0 spiro atoms. The Balaban J connectivity index is 1.40. The average molecular weight is 433 g/mol. The molecule has 1 aliphatic heterocycles. The van der Waals surface area contributed by atoms with Gasteiger partial charge in [0, 0.05) is 24.9 Å². The summed E-state index contributed by atoms with van der Waals surface area (Å²) in [6.45, 7) is 1.13. The minimum absolute atomic E-state index is 0.251. The number of sulfonamides is 1. The van der Waals surface area contributed by atoms with Crippen molar-refractivity contribution in [3.8, 4) is 11.1 Å². The van der Waals surface area contributed by atoms with Crippen LogP contribution in [-0.4, -0.2) is 31.7 Å². The molecule has 1 fully saturated rings. The van der Waals surface area contributed by atoms with Gasteiger partial charge in [-0.2, -0.15) is 4.31 Å². The molecule has 0 aliphatic carbocycles. The molecule has 3 aromatic rings. The molecular weight excluding hydrogens is 408 g/mol. The SMILES string of the molecule is O=C(C=Cc1cccc(-c2ccccc2)c1)Nc1ccc(S(=O)(=O)N2CCCC2)cc1. The highest BCUT2D eigenvalue weighted by Crippen LogP contribution is 2.23. The number of carbonyl (C=O) groups is 1. The summed E-state index contributed by atoms with van der Waals surface area (Å²) in [4.78, 5) is 12.6. The Morgan fingerprint density at radius 1 is 0.839 bits per heavy atom. The second kappa shape index (κ2) is 9.29. The van der Waals surface area contributed by atoms with Gasteiger partial charge in [0.2, 0.25) is 15.9 Å². The lowest BCUT2D eigenvalue weighted by Crippen LogP contribution is -2.27. The lowest BCUT2D eigenvalue weighted by Gasteiger charge is -2.15. The van der Waals surface area contributed by atoms with Crippen LogP contribution in [0.4, 0.5) is 5.69 Å². The van der Waals surface area contributed by atoms with Crippen LogP contribution in [0.25, 0.3) is 17.2 Å². The molecule has 5 nitrogen and oxygen atoms in total. The summed E-state index contributed by atoms with van der Waals surface area (Å²) in [6.07, 6.45) is 5.02. The van der Waals surface area contributed by atoms with Gasteiger partial charge in [-0.3, -0.25) is 4.79 Å². The van der Waals surface area contributed by atoms with E-state index in [2.05, 4.69) is 5.32 Å². The number of benzene rings is 3. The Labute approximate surface area is 183 Å². The van der Waals surface area contributed by atoms with E-state index in [0.29, 0.717) is 18.8 Å². The van der Waals surface area contributed by atoms with E-state index < -0.39 is 10.0 Å². The highest BCUT2D eigenvalue weighted by molar-refractivity contribution is 7.89. The highest BCUT2D eigenvalue weighted by Gasteiger charge is 2.26. The molecule has 1 aliphatic rings. The molecule has 1 amide bonds. The van der Waals surface area contributed by atoms with Gasteiger partial charge in [0.05, 0.1) is 4.90 Å². The van der Waals surface area contributed by atoms with E-state index in [9.17, 15) is 13.2 Å². The Hall–Kier alpha value is -3.22. The normalized spacial score (nSPS) is 14.7. The molecule has 0 radical (unpaired) electrons. The van der Waals surface area contributed by atoms with Crippen molar-refractivity contribution >= 4 is 27.7 Å². The van der Waals surface area contributed by atoms with Crippen molar-refractivity contribution in [2.24, 2.45) is 0 Å². The Kier molecular flexibility index (Phi) is 6.30. The molecule has 31 heavy (non-hydrogen) atoms. The second-order valence-corrected chi connectivity index (χ2v) is 9.39. The van der Waals surface area contributed by atoms with Gasteiger partial charge in [0.25, 0.3) is 0 Å². The standard InChI is InChI=1S/C25H24N2O3S/c28-25(16-11-20-7-6-10-22(19-20)21-8-2-1-3-9-21)26-23-12-14-24(15-13-23)31(29,30)27-17-4-5-18-27/h1-3,6-16,19H,4-5,17-18H2,(H,26,28). The lowest BCUT2D eigenvalue weighted by atomic mass is 10.0. The summed E-state index contributed by atoms with van der Waals surface area (Å²) < 4.78 is 26.7. The van der Waals surface area contributed by atoms with Crippen molar-refractivity contribution in [3.05, 3.63) is 90.5 Å². The van der Waals surface area contributed by atoms with Crippen LogP contribution in [0, 0.1) is 0 Å². The zero-order valence-electron chi connectivity index (χ0n) is 17.1. The van der Waals surface area contributed by atoms with E-state index in [1.807, 2.05) is 54.6 Å². The van der Waals surface area contributed by atoms with Crippen molar-refractivity contribution in [3.63, 3.8) is 0 Å². The van der Waals surface area contributed by atoms with Crippen molar-refractivity contribution in [1.82, 2.24) is 4.31 Å². The number of hydrogen-bond acceptors (Lipinski definition) is 3. The number of hydrogen-bond donors (Lipinski definition) is 1. The fourth-order valence-corrected chi connectivity index (χ4v) is 5.11. The lowest BCUT2D eigenvalue weighted by molar-refractivity contribution is -0.111. The smallest absolute Gasteiger partial charge is 0.248 e. The van der Waals surface area contributed by atoms with Crippen LogP contribution in [-0.2, 0) is 14.8 Å². The van der Waals surface area contributed by atoms with E-state index in [0.717, 1.165) is 29.5 Å². The molecule has 6 heteroatoms.